The van der Waals surface area contributed by atoms with Gasteiger partial charge in [0.25, 0.3) is 0 Å². The molecular formula is C20H30N2S. The maximum atomic E-state index is 4.96. The molecule has 1 heterocycles. The molecule has 126 valence electrons. The summed E-state index contributed by atoms with van der Waals surface area (Å²) in [5, 5.41) is 1.34. The summed E-state index contributed by atoms with van der Waals surface area (Å²) in [4.78, 5) is 6.29. The molecule has 0 aliphatic carbocycles. The number of unbranched alkanes of at least 4 members (excludes halogenated alkanes) is 1. The Labute approximate surface area is 145 Å². The van der Waals surface area contributed by atoms with Crippen LogP contribution in [0.2, 0.25) is 0 Å². The molecule has 0 atom stereocenters. The molecule has 0 amide bonds. The van der Waals surface area contributed by atoms with Crippen molar-refractivity contribution in [2.24, 2.45) is 0 Å². The highest BCUT2D eigenvalue weighted by atomic mass is 32.2. The molecule has 2 aromatic rings. The number of nitrogens with zero attached hydrogens (tertiary/aromatic N) is 2. The Morgan fingerprint density at radius 2 is 1.74 bits per heavy atom. The highest BCUT2D eigenvalue weighted by Crippen LogP contribution is 2.36. The minimum atomic E-state index is 0.455. The van der Waals surface area contributed by atoms with Gasteiger partial charge in [0, 0.05) is 17.9 Å². The first-order valence-corrected chi connectivity index (χ1v) is 9.63. The highest BCUT2D eigenvalue weighted by Gasteiger charge is 2.19. The smallest absolute Gasteiger partial charge is 0.109 e. The van der Waals surface area contributed by atoms with Crippen molar-refractivity contribution >= 4 is 11.8 Å². The van der Waals surface area contributed by atoms with Gasteiger partial charge >= 0.3 is 0 Å². The first-order chi connectivity index (χ1) is 11.0. The lowest BCUT2D eigenvalue weighted by molar-refractivity contribution is 0.569. The summed E-state index contributed by atoms with van der Waals surface area (Å²) in [5.41, 5.74) is 3.91. The van der Waals surface area contributed by atoms with Crippen LogP contribution in [0.4, 0.5) is 0 Å². The van der Waals surface area contributed by atoms with Crippen molar-refractivity contribution in [2.75, 3.05) is 0 Å². The number of rotatable bonds is 7. The fourth-order valence-corrected chi connectivity index (χ4v) is 4.31. The fourth-order valence-electron chi connectivity index (χ4n) is 2.91. The van der Waals surface area contributed by atoms with Gasteiger partial charge in [0.1, 0.15) is 10.9 Å². The lowest BCUT2D eigenvalue weighted by Gasteiger charge is -2.13. The van der Waals surface area contributed by atoms with Crippen LogP contribution in [0.25, 0.3) is 0 Å². The zero-order valence-corrected chi connectivity index (χ0v) is 16.3. The lowest BCUT2D eigenvalue weighted by Crippen LogP contribution is -2.04. The number of hydrogen-bond acceptors (Lipinski definition) is 2. The molecular weight excluding hydrogens is 300 g/mol. The van der Waals surface area contributed by atoms with Gasteiger partial charge in [-0.15, -0.1) is 0 Å². The molecule has 0 saturated carbocycles. The molecule has 2 nitrogen and oxygen atoms in total. The van der Waals surface area contributed by atoms with Crippen molar-refractivity contribution < 1.29 is 0 Å². The van der Waals surface area contributed by atoms with Gasteiger partial charge < -0.3 is 4.57 Å². The molecule has 0 aliphatic heterocycles. The first-order valence-electron chi connectivity index (χ1n) is 8.81. The molecule has 1 aromatic heterocycles. The molecule has 0 N–H and O–H groups in total. The molecule has 0 radical (unpaired) electrons. The van der Waals surface area contributed by atoms with E-state index in [-0.39, 0.29) is 0 Å². The summed E-state index contributed by atoms with van der Waals surface area (Å²) in [6.07, 6.45) is 3.42. The second-order valence-electron chi connectivity index (χ2n) is 6.66. The maximum absolute atomic E-state index is 4.96. The molecule has 3 heteroatoms. The molecule has 0 unspecified atom stereocenters. The summed E-state index contributed by atoms with van der Waals surface area (Å²) < 4.78 is 2.46. The van der Waals surface area contributed by atoms with E-state index in [4.69, 9.17) is 4.98 Å². The summed E-state index contributed by atoms with van der Waals surface area (Å²) in [7, 11) is 0. The molecule has 1 aromatic carbocycles. The van der Waals surface area contributed by atoms with E-state index in [1.54, 1.807) is 0 Å². The van der Waals surface area contributed by atoms with Crippen molar-refractivity contribution in [2.45, 2.75) is 83.2 Å². The monoisotopic (exact) mass is 330 g/mol. The third-order valence-corrected chi connectivity index (χ3v) is 5.13. The van der Waals surface area contributed by atoms with Crippen LogP contribution in [0.3, 0.4) is 0 Å². The molecule has 23 heavy (non-hydrogen) atoms. The summed E-state index contributed by atoms with van der Waals surface area (Å²) in [6.45, 7) is 14.4. The number of benzene rings is 1. The third kappa shape index (κ3) is 4.41. The standard InChI is InChI=1S/C20H30N2S/c1-7-9-10-22-18(8-2)21-19(14(3)4)20(22)23-17-12-15(5)11-16(6)13-17/h11-14H,7-10H2,1-6H3. The van der Waals surface area contributed by atoms with E-state index >= 15 is 0 Å². The van der Waals surface area contributed by atoms with Gasteiger partial charge in [-0.3, -0.25) is 0 Å². The summed E-state index contributed by atoms with van der Waals surface area (Å²) in [5.74, 6) is 1.69. The van der Waals surface area contributed by atoms with E-state index in [0.717, 1.165) is 13.0 Å². The number of hydrogen-bond donors (Lipinski definition) is 0. The van der Waals surface area contributed by atoms with Crippen LogP contribution < -0.4 is 0 Å². The quantitative estimate of drug-likeness (QED) is 0.607. The van der Waals surface area contributed by atoms with Crippen LogP contribution in [0, 0.1) is 13.8 Å². The van der Waals surface area contributed by atoms with Gasteiger partial charge in [-0.2, -0.15) is 0 Å². The van der Waals surface area contributed by atoms with Crippen LogP contribution in [0.5, 0.6) is 0 Å². The zero-order chi connectivity index (χ0) is 17.0. The summed E-state index contributed by atoms with van der Waals surface area (Å²) in [6, 6.07) is 6.80. The first kappa shape index (κ1) is 18.1. The minimum Gasteiger partial charge on any atom is -0.323 e. The Hall–Kier alpha value is -1.22. The molecule has 0 aliphatic rings. The minimum absolute atomic E-state index is 0.455. The topological polar surface area (TPSA) is 17.8 Å². The molecule has 0 spiro atoms. The van der Waals surface area contributed by atoms with Crippen molar-refractivity contribution in [3.05, 3.63) is 40.8 Å². The van der Waals surface area contributed by atoms with Gasteiger partial charge in [0.15, 0.2) is 0 Å². The Balaban J connectivity index is 2.46. The molecule has 0 fully saturated rings. The highest BCUT2D eigenvalue weighted by molar-refractivity contribution is 7.99. The van der Waals surface area contributed by atoms with Crippen molar-refractivity contribution in [1.29, 1.82) is 0 Å². The van der Waals surface area contributed by atoms with Crippen LogP contribution >= 0.6 is 11.8 Å². The van der Waals surface area contributed by atoms with E-state index in [2.05, 4.69) is 64.3 Å². The van der Waals surface area contributed by atoms with E-state index in [0.29, 0.717) is 5.92 Å². The van der Waals surface area contributed by atoms with Crippen LogP contribution in [-0.2, 0) is 13.0 Å². The van der Waals surface area contributed by atoms with Gasteiger partial charge in [-0.25, -0.2) is 4.98 Å². The molecule has 2 rings (SSSR count). The largest absolute Gasteiger partial charge is 0.323 e. The molecule has 0 saturated heterocycles. The molecule has 0 bridgehead atoms. The van der Waals surface area contributed by atoms with Crippen molar-refractivity contribution in [3.8, 4) is 0 Å². The van der Waals surface area contributed by atoms with Gasteiger partial charge in [-0.1, -0.05) is 51.9 Å². The third-order valence-electron chi connectivity index (χ3n) is 4.03. The van der Waals surface area contributed by atoms with E-state index < -0.39 is 0 Å². The Kier molecular flexibility index (Phi) is 6.34. The van der Waals surface area contributed by atoms with Crippen molar-refractivity contribution in [3.63, 3.8) is 0 Å². The Morgan fingerprint density at radius 1 is 1.09 bits per heavy atom. The van der Waals surface area contributed by atoms with Crippen LogP contribution in [-0.4, -0.2) is 9.55 Å². The van der Waals surface area contributed by atoms with E-state index in [1.807, 2.05) is 11.8 Å². The van der Waals surface area contributed by atoms with Crippen molar-refractivity contribution in [1.82, 2.24) is 9.55 Å². The Bertz CT molecular complexity index is 636. The van der Waals surface area contributed by atoms with Gasteiger partial charge in [-0.05, 0) is 49.4 Å². The van der Waals surface area contributed by atoms with Crippen LogP contribution in [0.15, 0.2) is 28.1 Å². The average Bonchev–Trinajstić information content (AvgIpc) is 2.82. The fraction of sp³-hybridized carbons (Fsp3) is 0.550. The second kappa shape index (κ2) is 8.05. The zero-order valence-electron chi connectivity index (χ0n) is 15.4. The Morgan fingerprint density at radius 3 is 2.26 bits per heavy atom. The maximum Gasteiger partial charge on any atom is 0.109 e. The lowest BCUT2D eigenvalue weighted by atomic mass is 10.1. The number of imidazole rings is 1. The predicted octanol–water partition coefficient (Wildman–Crippen LogP) is 6.14. The van der Waals surface area contributed by atoms with Crippen LogP contribution in [0.1, 0.15) is 69.1 Å². The van der Waals surface area contributed by atoms with E-state index in [9.17, 15) is 0 Å². The average molecular weight is 331 g/mol. The van der Waals surface area contributed by atoms with Gasteiger partial charge in [0.2, 0.25) is 0 Å². The van der Waals surface area contributed by atoms with Gasteiger partial charge in [0.05, 0.1) is 5.69 Å². The normalized spacial score (nSPS) is 11.4. The SMILES string of the molecule is CCCCn1c(CC)nc(C(C)C)c1Sc1cc(C)cc(C)c1. The number of aryl methyl sites for hydroxylation is 3. The summed E-state index contributed by atoms with van der Waals surface area (Å²) >= 11 is 1.88. The van der Waals surface area contributed by atoms with E-state index in [1.165, 1.54) is 45.4 Å². The number of aromatic nitrogens is 2. The second-order valence-corrected chi connectivity index (χ2v) is 7.72. The predicted molar refractivity (Wildman–Crippen MR) is 101 cm³/mol.